The minimum Gasteiger partial charge on any atom is -0.344 e. The van der Waals surface area contributed by atoms with Gasteiger partial charge in [0.15, 0.2) is 0 Å². The monoisotopic (exact) mass is 362 g/mol. The number of hydrogen-bond acceptors (Lipinski definition) is 3. The van der Waals surface area contributed by atoms with Crippen LogP contribution in [-0.2, 0) is 24.2 Å². The molecule has 0 aliphatic carbocycles. The summed E-state index contributed by atoms with van der Waals surface area (Å²) in [5.41, 5.74) is 4.78. The van der Waals surface area contributed by atoms with Gasteiger partial charge >= 0.3 is 0 Å². The maximum absolute atomic E-state index is 12.6. The van der Waals surface area contributed by atoms with Crippen LogP contribution in [0.4, 0.5) is 0 Å². The molecule has 5 heteroatoms. The smallest absolute Gasteiger partial charge is 0.222 e. The van der Waals surface area contributed by atoms with Crippen LogP contribution in [0.25, 0.3) is 11.0 Å². The molecule has 2 heterocycles. The van der Waals surface area contributed by atoms with E-state index >= 15 is 0 Å². The molecule has 0 saturated heterocycles. The van der Waals surface area contributed by atoms with Crippen LogP contribution in [0, 0.1) is 0 Å². The number of nitrogens with one attached hydrogen (secondary N) is 1. The average Bonchev–Trinajstić information content (AvgIpc) is 3.09. The van der Waals surface area contributed by atoms with Crippen LogP contribution >= 0.6 is 0 Å². The zero-order valence-corrected chi connectivity index (χ0v) is 16.0. The van der Waals surface area contributed by atoms with E-state index in [2.05, 4.69) is 46.2 Å². The van der Waals surface area contributed by atoms with E-state index in [1.165, 1.54) is 11.1 Å². The van der Waals surface area contributed by atoms with Crippen molar-refractivity contribution in [1.82, 2.24) is 19.8 Å². The Bertz CT molecular complexity index is 915. The molecule has 5 nitrogen and oxygen atoms in total. The lowest BCUT2D eigenvalue weighted by Gasteiger charge is -2.36. The van der Waals surface area contributed by atoms with E-state index < -0.39 is 0 Å². The molecule has 27 heavy (non-hydrogen) atoms. The zero-order chi connectivity index (χ0) is 18.8. The molecule has 1 aliphatic rings. The van der Waals surface area contributed by atoms with Crippen molar-refractivity contribution in [3.8, 4) is 0 Å². The lowest BCUT2D eigenvalue weighted by Crippen LogP contribution is -2.46. The van der Waals surface area contributed by atoms with Gasteiger partial charge in [-0.1, -0.05) is 36.4 Å². The maximum Gasteiger partial charge on any atom is 0.222 e. The molecule has 3 aromatic rings. The lowest BCUT2D eigenvalue weighted by atomic mass is 9.94. The number of para-hydroxylation sites is 2. The molecule has 1 amide bonds. The number of H-pyrrole nitrogens is 1. The highest BCUT2D eigenvalue weighted by molar-refractivity contribution is 5.77. The molecule has 1 aliphatic heterocycles. The van der Waals surface area contributed by atoms with Crippen molar-refractivity contribution in [2.75, 3.05) is 20.6 Å². The van der Waals surface area contributed by atoms with E-state index in [9.17, 15) is 4.79 Å². The third kappa shape index (κ3) is 3.88. The molecule has 0 fully saturated rings. The highest BCUT2D eigenvalue weighted by Crippen LogP contribution is 2.22. The summed E-state index contributed by atoms with van der Waals surface area (Å²) in [6.07, 6.45) is 2.11. The number of carbonyl (C=O) groups excluding carboxylic acids is 1. The molecular weight excluding hydrogens is 336 g/mol. The highest BCUT2D eigenvalue weighted by atomic mass is 16.2. The minimum absolute atomic E-state index is 0.169. The molecule has 0 radical (unpaired) electrons. The average molecular weight is 362 g/mol. The van der Waals surface area contributed by atoms with Gasteiger partial charge in [0.05, 0.1) is 11.0 Å². The summed E-state index contributed by atoms with van der Waals surface area (Å²) in [5.74, 6) is 1.05. The van der Waals surface area contributed by atoms with E-state index in [1.54, 1.807) is 0 Å². The fourth-order valence-electron chi connectivity index (χ4n) is 3.88. The highest BCUT2D eigenvalue weighted by Gasteiger charge is 2.25. The quantitative estimate of drug-likeness (QED) is 0.759. The Morgan fingerprint density at radius 2 is 1.93 bits per heavy atom. The number of carbonyl (C=O) groups is 1. The molecule has 4 rings (SSSR count). The van der Waals surface area contributed by atoms with Crippen molar-refractivity contribution >= 4 is 16.9 Å². The van der Waals surface area contributed by atoms with Crippen LogP contribution in [0.15, 0.2) is 48.5 Å². The second kappa shape index (κ2) is 7.53. The van der Waals surface area contributed by atoms with Crippen molar-refractivity contribution in [2.45, 2.75) is 31.8 Å². The van der Waals surface area contributed by atoms with Crippen molar-refractivity contribution in [2.24, 2.45) is 0 Å². The van der Waals surface area contributed by atoms with Gasteiger partial charge < -0.3 is 9.88 Å². The van der Waals surface area contributed by atoms with Gasteiger partial charge in [0.25, 0.3) is 0 Å². The third-order valence-corrected chi connectivity index (χ3v) is 5.54. The molecule has 1 aromatic heterocycles. The van der Waals surface area contributed by atoms with Gasteiger partial charge in [-0.15, -0.1) is 0 Å². The Balaban J connectivity index is 1.34. The van der Waals surface area contributed by atoms with Crippen LogP contribution in [0.2, 0.25) is 0 Å². The van der Waals surface area contributed by atoms with Crippen LogP contribution in [0.1, 0.15) is 23.4 Å². The molecule has 0 unspecified atom stereocenters. The van der Waals surface area contributed by atoms with Gasteiger partial charge in [0.2, 0.25) is 5.91 Å². The number of aryl methyl sites for hydroxylation is 1. The normalized spacial score (nSPS) is 17.0. The Kier molecular flexibility index (Phi) is 4.94. The van der Waals surface area contributed by atoms with Crippen LogP contribution in [0.5, 0.6) is 0 Å². The van der Waals surface area contributed by atoms with Crippen molar-refractivity contribution < 1.29 is 4.79 Å². The molecule has 0 bridgehead atoms. The Morgan fingerprint density at radius 1 is 1.19 bits per heavy atom. The number of aromatic nitrogens is 2. The molecular formula is C22H26N4O. The first-order chi connectivity index (χ1) is 13.1. The summed E-state index contributed by atoms with van der Waals surface area (Å²) < 4.78 is 0. The number of benzene rings is 2. The Hall–Kier alpha value is -2.66. The van der Waals surface area contributed by atoms with E-state index in [0.717, 1.165) is 36.4 Å². The van der Waals surface area contributed by atoms with E-state index in [0.29, 0.717) is 18.9 Å². The van der Waals surface area contributed by atoms with Gasteiger partial charge in [-0.3, -0.25) is 9.69 Å². The first kappa shape index (κ1) is 17.7. The predicted octanol–water partition coefficient (Wildman–Crippen LogP) is 3.01. The van der Waals surface area contributed by atoms with Gasteiger partial charge in [-0.25, -0.2) is 4.98 Å². The number of imidazole rings is 1. The summed E-state index contributed by atoms with van der Waals surface area (Å²) in [5, 5.41) is 0. The number of hydrogen-bond donors (Lipinski definition) is 1. The summed E-state index contributed by atoms with van der Waals surface area (Å²) in [6.45, 7) is 1.70. The summed E-state index contributed by atoms with van der Waals surface area (Å²) in [4.78, 5) is 24.7. The second-order valence-corrected chi connectivity index (χ2v) is 7.52. The minimum atomic E-state index is 0.169. The second-order valence-electron chi connectivity index (χ2n) is 7.52. The largest absolute Gasteiger partial charge is 0.344 e. The molecule has 1 N–H and O–H groups in total. The SMILES string of the molecule is CN(C[C@@H]1Cc2ccccc2CN1C)C(=O)CCc1nc2ccccc2[nH]1. The standard InChI is InChI=1S/C22H26N4O/c1-25-14-17-8-4-3-7-16(17)13-18(25)15-26(2)22(27)12-11-21-23-19-9-5-6-10-20(19)24-21/h3-10,18H,11-15H2,1-2H3,(H,23,24)/t18-/m0/s1. The van der Waals surface area contributed by atoms with Crippen molar-refractivity contribution in [1.29, 1.82) is 0 Å². The van der Waals surface area contributed by atoms with Crippen LogP contribution in [-0.4, -0.2) is 52.4 Å². The number of fused-ring (bicyclic) bond motifs is 2. The predicted molar refractivity (Wildman–Crippen MR) is 107 cm³/mol. The number of nitrogens with zero attached hydrogens (tertiary/aromatic N) is 3. The maximum atomic E-state index is 12.6. The number of aromatic amines is 1. The van der Waals surface area contributed by atoms with Gasteiger partial charge in [-0.2, -0.15) is 0 Å². The van der Waals surface area contributed by atoms with Crippen molar-refractivity contribution in [3.63, 3.8) is 0 Å². The molecule has 2 aromatic carbocycles. The molecule has 0 spiro atoms. The van der Waals surface area contributed by atoms with Gasteiger partial charge in [0.1, 0.15) is 5.82 Å². The number of likely N-dealkylation sites (N-methyl/N-ethyl adjacent to an activating group) is 2. The molecule has 0 saturated carbocycles. The first-order valence-electron chi connectivity index (χ1n) is 9.55. The zero-order valence-electron chi connectivity index (χ0n) is 16.0. The van der Waals surface area contributed by atoms with E-state index in [4.69, 9.17) is 0 Å². The summed E-state index contributed by atoms with van der Waals surface area (Å²) in [6, 6.07) is 16.9. The molecule has 140 valence electrons. The van der Waals surface area contributed by atoms with Gasteiger partial charge in [0, 0.05) is 39.0 Å². The third-order valence-electron chi connectivity index (χ3n) is 5.54. The summed E-state index contributed by atoms with van der Waals surface area (Å²) in [7, 11) is 4.06. The van der Waals surface area contributed by atoms with Crippen molar-refractivity contribution in [3.05, 3.63) is 65.5 Å². The Morgan fingerprint density at radius 3 is 2.74 bits per heavy atom. The summed E-state index contributed by atoms with van der Waals surface area (Å²) >= 11 is 0. The van der Waals surface area contributed by atoms with Crippen LogP contribution < -0.4 is 0 Å². The fourth-order valence-corrected chi connectivity index (χ4v) is 3.88. The Labute approximate surface area is 160 Å². The van der Waals surface area contributed by atoms with E-state index in [-0.39, 0.29) is 5.91 Å². The number of amides is 1. The topological polar surface area (TPSA) is 52.2 Å². The van der Waals surface area contributed by atoms with Crippen LogP contribution in [0.3, 0.4) is 0 Å². The number of rotatable bonds is 5. The van der Waals surface area contributed by atoms with Gasteiger partial charge in [-0.05, 0) is 36.7 Å². The first-order valence-corrected chi connectivity index (χ1v) is 9.55. The molecule has 1 atom stereocenters. The lowest BCUT2D eigenvalue weighted by molar-refractivity contribution is -0.130. The van der Waals surface area contributed by atoms with E-state index in [1.807, 2.05) is 36.2 Å². The fraction of sp³-hybridized carbons (Fsp3) is 0.364.